The summed E-state index contributed by atoms with van der Waals surface area (Å²) < 4.78 is 48.6. The second-order valence-electron chi connectivity index (χ2n) is 5.21. The predicted molar refractivity (Wildman–Crippen MR) is 91.4 cm³/mol. The summed E-state index contributed by atoms with van der Waals surface area (Å²) in [7, 11) is 0.865. The average molecular weight is 349 g/mol. The van der Waals surface area contributed by atoms with Crippen molar-refractivity contribution in [2.75, 3.05) is 13.2 Å². The van der Waals surface area contributed by atoms with Crippen LogP contribution in [-0.4, -0.2) is 20.9 Å². The minimum absolute atomic E-state index is 0.0765. The summed E-state index contributed by atoms with van der Waals surface area (Å²) in [6, 6.07) is 8.28. The Labute approximate surface area is 147 Å². The van der Waals surface area contributed by atoms with Gasteiger partial charge < -0.3 is 18.8 Å². The summed E-state index contributed by atoms with van der Waals surface area (Å²) in [5.74, 6) is -0.353. The molecule has 0 heterocycles. The van der Waals surface area contributed by atoms with Crippen LogP contribution in [0.5, 0.6) is 23.0 Å². The van der Waals surface area contributed by atoms with Gasteiger partial charge in [0.2, 0.25) is 0 Å². The Balaban J connectivity index is 1.96. The topological polar surface area (TPSA) is 36.9 Å². The number of halogens is 2. The van der Waals surface area contributed by atoms with E-state index in [0.717, 1.165) is 20.5 Å². The lowest BCUT2D eigenvalue weighted by Gasteiger charge is -2.11. The number of rotatable bonds is 10. The van der Waals surface area contributed by atoms with Crippen LogP contribution in [0.3, 0.4) is 0 Å². The van der Waals surface area contributed by atoms with E-state index in [2.05, 4.69) is 0 Å². The summed E-state index contributed by atoms with van der Waals surface area (Å²) in [6.07, 6.45) is 1.66. The zero-order chi connectivity index (χ0) is 18.1. The van der Waals surface area contributed by atoms with Gasteiger partial charge in [-0.3, -0.25) is 0 Å². The van der Waals surface area contributed by atoms with E-state index in [0.29, 0.717) is 24.7 Å². The van der Waals surface area contributed by atoms with Crippen molar-refractivity contribution in [1.29, 1.82) is 0 Å². The molecule has 133 valence electrons. The van der Waals surface area contributed by atoms with Gasteiger partial charge in [0.15, 0.2) is 11.6 Å². The van der Waals surface area contributed by atoms with Crippen LogP contribution in [0.4, 0.5) is 8.78 Å². The molecule has 0 amide bonds. The van der Waals surface area contributed by atoms with Crippen molar-refractivity contribution in [1.82, 2.24) is 0 Å². The quantitative estimate of drug-likeness (QED) is 0.591. The first-order valence-electron chi connectivity index (χ1n) is 8.13. The summed E-state index contributed by atoms with van der Waals surface area (Å²) in [4.78, 5) is 0. The highest BCUT2D eigenvalue weighted by Crippen LogP contribution is 2.25. The number of hydrogen-bond donors (Lipinski definition) is 0. The van der Waals surface area contributed by atoms with Crippen LogP contribution < -0.4 is 18.8 Å². The van der Waals surface area contributed by atoms with Crippen molar-refractivity contribution >= 4 is 7.69 Å². The van der Waals surface area contributed by atoms with E-state index in [4.69, 9.17) is 18.8 Å². The summed E-state index contributed by atoms with van der Waals surface area (Å²) in [5.41, 5.74) is 0. The Hall–Kier alpha value is -2.44. The standard InChI is InChI=1S/C18H20BF2O4/c1-3-9-22-13-5-7-15(20)17(11-13)24-19-25-18-12-14(23-10-4-2)6-8-16(18)21/h5-8,11-12H,3-4,9-10H2,1-2H3. The third kappa shape index (κ3) is 5.85. The normalized spacial score (nSPS) is 10.2. The first-order chi connectivity index (χ1) is 12.1. The second kappa shape index (κ2) is 9.76. The molecule has 0 aliphatic heterocycles. The van der Waals surface area contributed by atoms with Crippen molar-refractivity contribution in [3.05, 3.63) is 48.0 Å². The maximum atomic E-state index is 13.8. The number of hydrogen-bond acceptors (Lipinski definition) is 4. The van der Waals surface area contributed by atoms with Crippen LogP contribution in [-0.2, 0) is 0 Å². The molecule has 2 aromatic rings. The first kappa shape index (κ1) is 18.9. The fourth-order valence-corrected chi connectivity index (χ4v) is 1.90. The smallest absolute Gasteiger partial charge is 0.524 e. The summed E-state index contributed by atoms with van der Waals surface area (Å²) >= 11 is 0. The fourth-order valence-electron chi connectivity index (χ4n) is 1.90. The maximum absolute atomic E-state index is 13.8. The van der Waals surface area contributed by atoms with Crippen molar-refractivity contribution in [2.45, 2.75) is 26.7 Å². The molecule has 0 fully saturated rings. The van der Waals surface area contributed by atoms with Crippen molar-refractivity contribution < 1.29 is 27.6 Å². The SMILES string of the molecule is CCCOc1ccc(F)c(O[B]Oc2cc(OCCC)ccc2F)c1. The molecule has 4 nitrogen and oxygen atoms in total. The Morgan fingerprint density at radius 3 is 1.60 bits per heavy atom. The van der Waals surface area contributed by atoms with E-state index in [9.17, 15) is 8.78 Å². The van der Waals surface area contributed by atoms with Crippen LogP contribution in [0.25, 0.3) is 0 Å². The molecule has 0 bridgehead atoms. The summed E-state index contributed by atoms with van der Waals surface area (Å²) in [6.45, 7) is 4.97. The van der Waals surface area contributed by atoms with Gasteiger partial charge in [0.1, 0.15) is 23.0 Å². The second-order valence-corrected chi connectivity index (χ2v) is 5.21. The van der Waals surface area contributed by atoms with E-state index in [1.807, 2.05) is 13.8 Å². The molecule has 2 rings (SSSR count). The van der Waals surface area contributed by atoms with E-state index in [-0.39, 0.29) is 11.5 Å². The Morgan fingerprint density at radius 2 is 1.20 bits per heavy atom. The first-order valence-corrected chi connectivity index (χ1v) is 8.13. The molecule has 0 aliphatic rings. The average Bonchev–Trinajstić information content (AvgIpc) is 2.62. The largest absolute Gasteiger partial charge is 0.658 e. The molecule has 2 aromatic carbocycles. The highest BCUT2D eigenvalue weighted by Gasteiger charge is 2.12. The molecule has 0 aliphatic carbocycles. The van der Waals surface area contributed by atoms with Gasteiger partial charge in [-0.05, 0) is 37.1 Å². The number of benzene rings is 2. The van der Waals surface area contributed by atoms with Gasteiger partial charge in [0.05, 0.1) is 13.2 Å². The Kier molecular flexibility index (Phi) is 7.38. The number of ether oxygens (including phenoxy) is 2. The van der Waals surface area contributed by atoms with Crippen LogP contribution in [0.2, 0.25) is 0 Å². The van der Waals surface area contributed by atoms with E-state index >= 15 is 0 Å². The van der Waals surface area contributed by atoms with E-state index in [1.54, 1.807) is 0 Å². The van der Waals surface area contributed by atoms with Gasteiger partial charge in [0.25, 0.3) is 0 Å². The highest BCUT2D eigenvalue weighted by molar-refractivity contribution is 6.20. The molecule has 0 saturated carbocycles. The molecule has 0 saturated heterocycles. The highest BCUT2D eigenvalue weighted by atomic mass is 19.1. The van der Waals surface area contributed by atoms with Crippen LogP contribution in [0.15, 0.2) is 36.4 Å². The van der Waals surface area contributed by atoms with Crippen LogP contribution >= 0.6 is 0 Å². The van der Waals surface area contributed by atoms with E-state index < -0.39 is 11.6 Å². The lowest BCUT2D eigenvalue weighted by Crippen LogP contribution is -2.13. The minimum Gasteiger partial charge on any atom is -0.524 e. The molecule has 0 unspecified atom stereocenters. The lowest BCUT2D eigenvalue weighted by molar-refractivity contribution is 0.314. The molecule has 1 radical (unpaired) electrons. The monoisotopic (exact) mass is 349 g/mol. The fraction of sp³-hybridized carbons (Fsp3) is 0.333. The molecular weight excluding hydrogens is 329 g/mol. The minimum atomic E-state index is -0.579. The van der Waals surface area contributed by atoms with Gasteiger partial charge in [-0.2, -0.15) is 0 Å². The van der Waals surface area contributed by atoms with Crippen LogP contribution in [0.1, 0.15) is 26.7 Å². The Morgan fingerprint density at radius 1 is 0.760 bits per heavy atom. The van der Waals surface area contributed by atoms with E-state index in [1.165, 1.54) is 36.4 Å². The van der Waals surface area contributed by atoms with Crippen molar-refractivity contribution in [2.24, 2.45) is 0 Å². The molecule has 7 heteroatoms. The van der Waals surface area contributed by atoms with Crippen molar-refractivity contribution in [3.8, 4) is 23.0 Å². The molecule has 0 aromatic heterocycles. The third-order valence-corrected chi connectivity index (χ3v) is 3.10. The van der Waals surface area contributed by atoms with Gasteiger partial charge in [-0.1, -0.05) is 13.8 Å². The zero-order valence-electron chi connectivity index (χ0n) is 14.3. The molecular formula is C18H20BF2O4. The lowest BCUT2D eigenvalue weighted by atomic mass is 10.2. The zero-order valence-corrected chi connectivity index (χ0v) is 14.3. The molecule has 25 heavy (non-hydrogen) atoms. The molecule has 0 atom stereocenters. The third-order valence-electron chi connectivity index (χ3n) is 3.10. The summed E-state index contributed by atoms with van der Waals surface area (Å²) in [5, 5.41) is 0. The molecule has 0 spiro atoms. The van der Waals surface area contributed by atoms with Crippen molar-refractivity contribution in [3.63, 3.8) is 0 Å². The van der Waals surface area contributed by atoms with Gasteiger partial charge in [0, 0.05) is 12.1 Å². The molecule has 0 N–H and O–H groups in total. The Bertz CT molecular complexity index is 625. The predicted octanol–water partition coefficient (Wildman–Crippen LogP) is 4.53. The van der Waals surface area contributed by atoms with Gasteiger partial charge >= 0.3 is 7.69 Å². The van der Waals surface area contributed by atoms with Gasteiger partial charge in [-0.25, -0.2) is 8.78 Å². The van der Waals surface area contributed by atoms with Gasteiger partial charge in [-0.15, -0.1) is 0 Å². The maximum Gasteiger partial charge on any atom is 0.658 e. The van der Waals surface area contributed by atoms with Crippen LogP contribution in [0, 0.1) is 11.6 Å².